The average Bonchev–Trinajstić information content (AvgIpc) is 3.55. The molecule has 172 valence electrons. The van der Waals surface area contributed by atoms with E-state index in [0.717, 1.165) is 59.8 Å². The lowest BCUT2D eigenvalue weighted by Crippen LogP contribution is -2.31. The second-order valence-corrected chi connectivity index (χ2v) is 8.89. The Hall–Kier alpha value is -3.86. The van der Waals surface area contributed by atoms with Crippen molar-refractivity contribution in [1.29, 1.82) is 0 Å². The maximum absolute atomic E-state index is 13.7. The van der Waals surface area contributed by atoms with Crippen molar-refractivity contribution in [3.8, 4) is 11.3 Å². The summed E-state index contributed by atoms with van der Waals surface area (Å²) < 4.78 is 5.92. The molecule has 5 rings (SSSR count). The first-order valence-electron chi connectivity index (χ1n) is 11.9. The minimum atomic E-state index is -0.00330. The van der Waals surface area contributed by atoms with Crippen LogP contribution in [0.3, 0.4) is 0 Å². The van der Waals surface area contributed by atoms with Crippen LogP contribution in [-0.2, 0) is 13.1 Å². The van der Waals surface area contributed by atoms with Crippen LogP contribution in [-0.4, -0.2) is 29.1 Å². The SMILES string of the molecule is Cc1ccc(C(=O)N(Cc2ccccc2)Cc2c(-c3ccccc3)noc2N2CCCC2)cc1. The number of nitrogens with zero attached hydrogens (tertiary/aromatic N) is 3. The Morgan fingerprint density at radius 1 is 0.882 bits per heavy atom. The highest BCUT2D eigenvalue weighted by atomic mass is 16.5. The Morgan fingerprint density at radius 2 is 1.53 bits per heavy atom. The lowest BCUT2D eigenvalue weighted by Gasteiger charge is -2.25. The van der Waals surface area contributed by atoms with E-state index in [0.29, 0.717) is 18.7 Å². The molecule has 5 nitrogen and oxygen atoms in total. The first kappa shape index (κ1) is 22.0. The Morgan fingerprint density at radius 3 is 2.21 bits per heavy atom. The molecule has 3 aromatic carbocycles. The summed E-state index contributed by atoms with van der Waals surface area (Å²) in [6, 6.07) is 28.0. The van der Waals surface area contributed by atoms with Gasteiger partial charge in [0.1, 0.15) is 5.69 Å². The molecule has 0 saturated carbocycles. The number of aryl methyl sites for hydroxylation is 1. The summed E-state index contributed by atoms with van der Waals surface area (Å²) >= 11 is 0. The van der Waals surface area contributed by atoms with Crippen molar-refractivity contribution >= 4 is 11.8 Å². The molecule has 1 fully saturated rings. The first-order valence-corrected chi connectivity index (χ1v) is 11.9. The minimum absolute atomic E-state index is 0.00330. The topological polar surface area (TPSA) is 49.6 Å². The zero-order valence-corrected chi connectivity index (χ0v) is 19.5. The van der Waals surface area contributed by atoms with Gasteiger partial charge in [0, 0.05) is 30.8 Å². The summed E-state index contributed by atoms with van der Waals surface area (Å²) in [5.74, 6) is 0.780. The Balaban J connectivity index is 1.55. The molecule has 0 unspecified atom stereocenters. The standard InChI is InChI=1S/C29H29N3O2/c1-22-14-16-25(17-15-22)28(33)32(20-23-10-4-2-5-11-23)21-26-27(24-12-6-3-7-13-24)30-34-29(26)31-18-8-9-19-31/h2-7,10-17H,8-9,18-21H2,1H3. The fourth-order valence-corrected chi connectivity index (χ4v) is 4.51. The maximum atomic E-state index is 13.7. The van der Waals surface area contributed by atoms with E-state index in [4.69, 9.17) is 4.52 Å². The van der Waals surface area contributed by atoms with Crippen molar-refractivity contribution in [2.75, 3.05) is 18.0 Å². The number of benzene rings is 3. The second-order valence-electron chi connectivity index (χ2n) is 8.89. The van der Waals surface area contributed by atoms with Gasteiger partial charge in [0.15, 0.2) is 0 Å². The molecule has 0 atom stereocenters. The number of hydrogen-bond donors (Lipinski definition) is 0. The predicted molar refractivity (Wildman–Crippen MR) is 135 cm³/mol. The van der Waals surface area contributed by atoms with E-state index in [-0.39, 0.29) is 5.91 Å². The van der Waals surface area contributed by atoms with Crippen LogP contribution in [0, 0.1) is 6.92 Å². The average molecular weight is 452 g/mol. The summed E-state index contributed by atoms with van der Waals surface area (Å²) in [5.41, 5.74) is 5.66. The summed E-state index contributed by atoms with van der Waals surface area (Å²) in [7, 11) is 0. The van der Waals surface area contributed by atoms with Gasteiger partial charge in [-0.15, -0.1) is 0 Å². The smallest absolute Gasteiger partial charge is 0.254 e. The fraction of sp³-hybridized carbons (Fsp3) is 0.241. The molecule has 5 heteroatoms. The van der Waals surface area contributed by atoms with Crippen molar-refractivity contribution in [3.63, 3.8) is 0 Å². The fourth-order valence-electron chi connectivity index (χ4n) is 4.51. The molecule has 1 aromatic heterocycles. The molecule has 1 aliphatic rings. The predicted octanol–water partition coefficient (Wildman–Crippen LogP) is 6.09. The van der Waals surface area contributed by atoms with Gasteiger partial charge in [-0.1, -0.05) is 83.5 Å². The molecule has 2 heterocycles. The molecule has 0 N–H and O–H groups in total. The van der Waals surface area contributed by atoms with Crippen LogP contribution >= 0.6 is 0 Å². The number of amides is 1. The maximum Gasteiger partial charge on any atom is 0.254 e. The van der Waals surface area contributed by atoms with Crippen LogP contribution < -0.4 is 4.90 Å². The number of carbonyl (C=O) groups is 1. The van der Waals surface area contributed by atoms with Gasteiger partial charge in [-0.05, 0) is 37.5 Å². The van der Waals surface area contributed by atoms with Crippen LogP contribution in [0.4, 0.5) is 5.88 Å². The number of anilines is 1. The number of carbonyl (C=O) groups excluding carboxylic acids is 1. The van der Waals surface area contributed by atoms with Crippen LogP contribution in [0.15, 0.2) is 89.5 Å². The molecule has 34 heavy (non-hydrogen) atoms. The van der Waals surface area contributed by atoms with Crippen molar-refractivity contribution in [3.05, 3.63) is 107 Å². The molecular weight excluding hydrogens is 422 g/mol. The highest BCUT2D eigenvalue weighted by Crippen LogP contribution is 2.34. The molecule has 0 spiro atoms. The lowest BCUT2D eigenvalue weighted by atomic mass is 10.1. The third kappa shape index (κ3) is 4.74. The largest absolute Gasteiger partial charge is 0.340 e. The zero-order valence-electron chi connectivity index (χ0n) is 19.5. The van der Waals surface area contributed by atoms with Crippen LogP contribution in [0.25, 0.3) is 11.3 Å². The second kappa shape index (κ2) is 9.96. The van der Waals surface area contributed by atoms with Crippen molar-refractivity contribution in [2.24, 2.45) is 0 Å². The summed E-state index contributed by atoms with van der Waals surface area (Å²) in [6.45, 7) is 4.84. The van der Waals surface area contributed by atoms with E-state index in [1.807, 2.05) is 84.6 Å². The van der Waals surface area contributed by atoms with E-state index in [1.165, 1.54) is 0 Å². The quantitative estimate of drug-likeness (QED) is 0.341. The van der Waals surface area contributed by atoms with Crippen LogP contribution in [0.1, 0.15) is 39.9 Å². The van der Waals surface area contributed by atoms with Gasteiger partial charge in [0.2, 0.25) is 5.88 Å². The zero-order chi connectivity index (χ0) is 23.3. The van der Waals surface area contributed by atoms with Gasteiger partial charge in [0.05, 0.1) is 12.1 Å². The molecule has 0 bridgehead atoms. The first-order chi connectivity index (χ1) is 16.7. The Bertz CT molecular complexity index is 1230. The van der Waals surface area contributed by atoms with Crippen LogP contribution in [0.5, 0.6) is 0 Å². The molecule has 1 amide bonds. The molecule has 4 aromatic rings. The Kier molecular flexibility index (Phi) is 6.43. The van der Waals surface area contributed by atoms with Crippen molar-refractivity contribution < 1.29 is 9.32 Å². The van der Waals surface area contributed by atoms with Gasteiger partial charge in [-0.2, -0.15) is 0 Å². The van der Waals surface area contributed by atoms with Crippen LogP contribution in [0.2, 0.25) is 0 Å². The van der Waals surface area contributed by atoms with Gasteiger partial charge >= 0.3 is 0 Å². The lowest BCUT2D eigenvalue weighted by molar-refractivity contribution is 0.0730. The number of hydrogen-bond acceptors (Lipinski definition) is 4. The molecule has 0 aliphatic carbocycles. The van der Waals surface area contributed by atoms with E-state index < -0.39 is 0 Å². The van der Waals surface area contributed by atoms with E-state index in [1.54, 1.807) is 0 Å². The number of aromatic nitrogens is 1. The van der Waals surface area contributed by atoms with Gasteiger partial charge in [-0.25, -0.2) is 0 Å². The summed E-state index contributed by atoms with van der Waals surface area (Å²) in [6.07, 6.45) is 2.27. The normalized spacial score (nSPS) is 13.3. The van der Waals surface area contributed by atoms with Crippen molar-refractivity contribution in [1.82, 2.24) is 10.1 Å². The Labute approximate surface area is 200 Å². The summed E-state index contributed by atoms with van der Waals surface area (Å²) in [5, 5.41) is 4.48. The van der Waals surface area contributed by atoms with Gasteiger partial charge in [0.25, 0.3) is 5.91 Å². The third-order valence-corrected chi connectivity index (χ3v) is 6.36. The minimum Gasteiger partial charge on any atom is -0.340 e. The van der Waals surface area contributed by atoms with E-state index >= 15 is 0 Å². The number of rotatable bonds is 7. The van der Waals surface area contributed by atoms with E-state index in [9.17, 15) is 4.79 Å². The summed E-state index contributed by atoms with van der Waals surface area (Å²) in [4.78, 5) is 17.9. The molecule has 0 radical (unpaired) electrons. The third-order valence-electron chi connectivity index (χ3n) is 6.36. The molecular formula is C29H29N3O2. The highest BCUT2D eigenvalue weighted by Gasteiger charge is 2.28. The molecule has 1 saturated heterocycles. The van der Waals surface area contributed by atoms with E-state index in [2.05, 4.69) is 22.2 Å². The van der Waals surface area contributed by atoms with Crippen molar-refractivity contribution in [2.45, 2.75) is 32.9 Å². The monoisotopic (exact) mass is 451 g/mol. The highest BCUT2D eigenvalue weighted by molar-refractivity contribution is 5.94. The van der Waals surface area contributed by atoms with Gasteiger partial charge < -0.3 is 14.3 Å². The van der Waals surface area contributed by atoms with Gasteiger partial charge in [-0.3, -0.25) is 4.79 Å². The molecule has 1 aliphatic heterocycles.